The van der Waals surface area contributed by atoms with Crippen LogP contribution in [0.4, 0.5) is 5.69 Å². The summed E-state index contributed by atoms with van der Waals surface area (Å²) in [5.74, 6) is -0.324. The van der Waals surface area contributed by atoms with E-state index in [2.05, 4.69) is 4.85 Å². The Morgan fingerprint density at radius 1 is 1.50 bits per heavy atom. The lowest BCUT2D eigenvalue weighted by molar-refractivity contribution is 0.0535. The SMILES string of the molecule is [C-]#[N+]c1ccc2c(c1)C(=O)OC2. The summed E-state index contributed by atoms with van der Waals surface area (Å²) in [5.41, 5.74) is 1.88. The first-order valence-electron chi connectivity index (χ1n) is 3.49. The fourth-order valence-electron chi connectivity index (χ4n) is 1.17. The van der Waals surface area contributed by atoms with Crippen LogP contribution in [-0.4, -0.2) is 5.97 Å². The summed E-state index contributed by atoms with van der Waals surface area (Å²) in [5, 5.41) is 0. The van der Waals surface area contributed by atoms with Crippen LogP contribution in [0.15, 0.2) is 18.2 Å². The van der Waals surface area contributed by atoms with Crippen LogP contribution in [-0.2, 0) is 11.3 Å². The molecule has 1 aromatic rings. The number of hydrogen-bond acceptors (Lipinski definition) is 2. The third kappa shape index (κ3) is 0.857. The maximum absolute atomic E-state index is 11.0. The van der Waals surface area contributed by atoms with Crippen molar-refractivity contribution < 1.29 is 9.53 Å². The van der Waals surface area contributed by atoms with Gasteiger partial charge in [-0.3, -0.25) is 0 Å². The Hall–Kier alpha value is -1.82. The van der Waals surface area contributed by atoms with Gasteiger partial charge in [0.15, 0.2) is 5.69 Å². The van der Waals surface area contributed by atoms with Crippen molar-refractivity contribution in [3.63, 3.8) is 0 Å². The molecule has 0 unspecified atom stereocenters. The Morgan fingerprint density at radius 2 is 2.33 bits per heavy atom. The van der Waals surface area contributed by atoms with Gasteiger partial charge in [0.25, 0.3) is 0 Å². The molecule has 0 aromatic heterocycles. The molecule has 0 N–H and O–H groups in total. The molecular weight excluding hydrogens is 154 g/mol. The summed E-state index contributed by atoms with van der Waals surface area (Å²) in [6.45, 7) is 7.08. The molecule has 0 saturated carbocycles. The molecule has 0 atom stereocenters. The summed E-state index contributed by atoms with van der Waals surface area (Å²) in [6, 6.07) is 5.01. The molecule has 0 spiro atoms. The average molecular weight is 159 g/mol. The Labute approximate surface area is 69.4 Å². The monoisotopic (exact) mass is 159 g/mol. The second-order valence-electron chi connectivity index (χ2n) is 2.53. The van der Waals surface area contributed by atoms with Crippen LogP contribution in [0, 0.1) is 6.57 Å². The highest BCUT2D eigenvalue weighted by Gasteiger charge is 2.20. The van der Waals surface area contributed by atoms with Gasteiger partial charge in [-0.1, -0.05) is 12.1 Å². The summed E-state index contributed by atoms with van der Waals surface area (Å²) >= 11 is 0. The van der Waals surface area contributed by atoms with E-state index in [0.29, 0.717) is 17.9 Å². The summed E-state index contributed by atoms with van der Waals surface area (Å²) in [7, 11) is 0. The van der Waals surface area contributed by atoms with Crippen molar-refractivity contribution in [2.75, 3.05) is 0 Å². The minimum atomic E-state index is -0.324. The molecule has 3 nitrogen and oxygen atoms in total. The second kappa shape index (κ2) is 2.35. The molecule has 12 heavy (non-hydrogen) atoms. The lowest BCUT2D eigenvalue weighted by Crippen LogP contribution is -1.92. The number of esters is 1. The van der Waals surface area contributed by atoms with E-state index >= 15 is 0 Å². The van der Waals surface area contributed by atoms with Crippen molar-refractivity contribution in [3.8, 4) is 0 Å². The number of fused-ring (bicyclic) bond motifs is 1. The van der Waals surface area contributed by atoms with Crippen LogP contribution < -0.4 is 0 Å². The summed E-state index contributed by atoms with van der Waals surface area (Å²) in [6.07, 6.45) is 0. The van der Waals surface area contributed by atoms with Crippen molar-refractivity contribution in [3.05, 3.63) is 40.7 Å². The number of hydrogen-bond donors (Lipinski definition) is 0. The lowest BCUT2D eigenvalue weighted by atomic mass is 10.1. The molecule has 0 amide bonds. The standard InChI is InChI=1S/C9H5NO2/c1-10-7-3-2-6-5-12-9(11)8(6)4-7/h2-4H,5H2. The number of nitrogens with zero attached hydrogens (tertiary/aromatic N) is 1. The van der Waals surface area contributed by atoms with Crippen LogP contribution in [0.25, 0.3) is 4.85 Å². The molecule has 1 aliphatic rings. The van der Waals surface area contributed by atoms with Gasteiger partial charge in [-0.05, 0) is 6.07 Å². The van der Waals surface area contributed by atoms with Gasteiger partial charge in [0.05, 0.1) is 12.1 Å². The van der Waals surface area contributed by atoms with E-state index in [9.17, 15) is 4.79 Å². The Balaban J connectivity index is 2.59. The molecule has 1 aromatic carbocycles. The van der Waals surface area contributed by atoms with Crippen molar-refractivity contribution in [2.45, 2.75) is 6.61 Å². The first-order chi connectivity index (χ1) is 5.81. The lowest BCUT2D eigenvalue weighted by Gasteiger charge is -1.92. The topological polar surface area (TPSA) is 30.7 Å². The van der Waals surface area contributed by atoms with E-state index < -0.39 is 0 Å². The van der Waals surface area contributed by atoms with Crippen molar-refractivity contribution in [2.24, 2.45) is 0 Å². The highest BCUT2D eigenvalue weighted by molar-refractivity contribution is 5.94. The number of ether oxygens (including phenoxy) is 1. The highest BCUT2D eigenvalue weighted by atomic mass is 16.5. The molecule has 3 heteroatoms. The maximum Gasteiger partial charge on any atom is 0.337 e. The molecule has 58 valence electrons. The average Bonchev–Trinajstić information content (AvgIpc) is 2.47. The van der Waals surface area contributed by atoms with E-state index in [1.54, 1.807) is 18.2 Å². The van der Waals surface area contributed by atoms with Crippen molar-refractivity contribution >= 4 is 11.7 Å². The molecule has 1 aliphatic heterocycles. The number of carbonyl (C=O) groups is 1. The zero-order valence-corrected chi connectivity index (χ0v) is 6.20. The molecule has 0 aliphatic carbocycles. The fourth-order valence-corrected chi connectivity index (χ4v) is 1.17. The third-order valence-electron chi connectivity index (χ3n) is 1.80. The molecular formula is C9H5NO2. The second-order valence-corrected chi connectivity index (χ2v) is 2.53. The van der Waals surface area contributed by atoms with Gasteiger partial charge >= 0.3 is 5.97 Å². The van der Waals surface area contributed by atoms with E-state index in [0.717, 1.165) is 5.56 Å². The van der Waals surface area contributed by atoms with Gasteiger partial charge in [0.2, 0.25) is 0 Å². The zero-order chi connectivity index (χ0) is 8.55. The van der Waals surface area contributed by atoms with Gasteiger partial charge in [0, 0.05) is 5.56 Å². The van der Waals surface area contributed by atoms with E-state index in [1.807, 2.05) is 0 Å². The van der Waals surface area contributed by atoms with Crippen LogP contribution >= 0.6 is 0 Å². The van der Waals surface area contributed by atoms with E-state index in [1.165, 1.54) is 0 Å². The molecule has 0 radical (unpaired) electrons. The van der Waals surface area contributed by atoms with Gasteiger partial charge < -0.3 is 4.74 Å². The molecule has 0 bridgehead atoms. The number of benzene rings is 1. The van der Waals surface area contributed by atoms with Crippen LogP contribution in [0.1, 0.15) is 15.9 Å². The Bertz CT molecular complexity index is 390. The Kier molecular flexibility index (Phi) is 1.34. The highest BCUT2D eigenvalue weighted by Crippen LogP contribution is 2.24. The zero-order valence-electron chi connectivity index (χ0n) is 6.20. The van der Waals surface area contributed by atoms with Crippen LogP contribution in [0.3, 0.4) is 0 Å². The fraction of sp³-hybridized carbons (Fsp3) is 0.111. The van der Waals surface area contributed by atoms with Gasteiger partial charge in [-0.15, -0.1) is 0 Å². The predicted octanol–water partition coefficient (Wildman–Crippen LogP) is 1.91. The summed E-state index contributed by atoms with van der Waals surface area (Å²) in [4.78, 5) is 14.2. The quantitative estimate of drug-likeness (QED) is 0.427. The van der Waals surface area contributed by atoms with E-state index in [4.69, 9.17) is 11.3 Å². The van der Waals surface area contributed by atoms with Gasteiger partial charge in [-0.25, -0.2) is 9.64 Å². The number of carbonyl (C=O) groups excluding carboxylic acids is 1. The van der Waals surface area contributed by atoms with E-state index in [-0.39, 0.29) is 5.97 Å². The predicted molar refractivity (Wildman–Crippen MR) is 41.8 cm³/mol. The van der Waals surface area contributed by atoms with Crippen LogP contribution in [0.2, 0.25) is 0 Å². The molecule has 0 saturated heterocycles. The first kappa shape index (κ1) is 6.86. The van der Waals surface area contributed by atoms with Crippen LogP contribution in [0.5, 0.6) is 0 Å². The molecule has 2 rings (SSSR count). The minimum absolute atomic E-state index is 0.324. The van der Waals surface area contributed by atoms with Gasteiger partial charge in [0.1, 0.15) is 6.61 Å². The normalized spacial score (nSPS) is 13.4. The summed E-state index contributed by atoms with van der Waals surface area (Å²) < 4.78 is 4.78. The third-order valence-corrected chi connectivity index (χ3v) is 1.80. The van der Waals surface area contributed by atoms with Crippen molar-refractivity contribution in [1.82, 2.24) is 0 Å². The van der Waals surface area contributed by atoms with Gasteiger partial charge in [-0.2, -0.15) is 0 Å². The first-order valence-corrected chi connectivity index (χ1v) is 3.49. The minimum Gasteiger partial charge on any atom is -0.457 e. The van der Waals surface area contributed by atoms with Crippen molar-refractivity contribution in [1.29, 1.82) is 0 Å². The maximum atomic E-state index is 11.0. The number of cyclic esters (lactones) is 1. The smallest absolute Gasteiger partial charge is 0.337 e. The molecule has 1 heterocycles. The Morgan fingerprint density at radius 3 is 3.08 bits per heavy atom. The molecule has 0 fully saturated rings. The largest absolute Gasteiger partial charge is 0.457 e. The number of rotatable bonds is 0.